The summed E-state index contributed by atoms with van der Waals surface area (Å²) in [5, 5.41) is 4.46. The number of aromatic nitrogens is 1. The molecule has 1 atom stereocenters. The number of nitrogens with zero attached hydrogens (tertiary/aromatic N) is 2. The number of anilines is 1. The number of aryl methyl sites for hydroxylation is 1. The van der Waals surface area contributed by atoms with Crippen molar-refractivity contribution in [2.24, 2.45) is 0 Å². The number of nitrogens with one attached hydrogen (secondary N) is 2. The van der Waals surface area contributed by atoms with E-state index in [1.165, 1.54) is 0 Å². The number of aromatic amines is 1. The van der Waals surface area contributed by atoms with Crippen LogP contribution in [-0.2, 0) is 6.54 Å². The number of urea groups is 1. The van der Waals surface area contributed by atoms with Gasteiger partial charge in [0.25, 0.3) is 5.56 Å². The molecule has 0 radical (unpaired) electrons. The number of hydrogen-bond acceptors (Lipinski definition) is 3. The van der Waals surface area contributed by atoms with Crippen LogP contribution in [0.25, 0.3) is 10.9 Å². The molecule has 7 heteroatoms. The molecule has 0 saturated carbocycles. The van der Waals surface area contributed by atoms with E-state index in [2.05, 4.69) is 22.1 Å². The van der Waals surface area contributed by atoms with Crippen LogP contribution < -0.4 is 10.9 Å². The third kappa shape index (κ3) is 5.14. The van der Waals surface area contributed by atoms with Gasteiger partial charge in [0, 0.05) is 34.4 Å². The van der Waals surface area contributed by atoms with E-state index in [-0.39, 0.29) is 24.2 Å². The van der Waals surface area contributed by atoms with E-state index in [1.54, 1.807) is 29.2 Å². The second-order valence-electron chi connectivity index (χ2n) is 8.46. The zero-order valence-corrected chi connectivity index (χ0v) is 19.3. The van der Waals surface area contributed by atoms with E-state index in [0.717, 1.165) is 42.4 Å². The number of likely N-dealkylation sites (N-methyl/N-ethyl adjacent to an activating group) is 1. The largest absolute Gasteiger partial charge is 0.322 e. The zero-order chi connectivity index (χ0) is 22.7. The first-order valence-corrected chi connectivity index (χ1v) is 11.5. The highest BCUT2D eigenvalue weighted by molar-refractivity contribution is 6.30. The first-order valence-electron chi connectivity index (χ1n) is 11.1. The summed E-state index contributed by atoms with van der Waals surface area (Å²) in [5.41, 5.74) is 2.94. The summed E-state index contributed by atoms with van der Waals surface area (Å²) in [6.07, 6.45) is 2.17. The molecule has 2 heterocycles. The summed E-state index contributed by atoms with van der Waals surface area (Å²) in [7, 11) is 0. The third-order valence-corrected chi connectivity index (χ3v) is 6.37. The number of carbonyl (C=O) groups excluding carboxylic acids is 1. The Labute approximate surface area is 193 Å². The number of H-pyrrole nitrogens is 1. The van der Waals surface area contributed by atoms with Crippen molar-refractivity contribution in [1.82, 2.24) is 14.8 Å². The van der Waals surface area contributed by atoms with Crippen LogP contribution in [0.15, 0.2) is 53.3 Å². The van der Waals surface area contributed by atoms with Crippen LogP contribution in [0.3, 0.4) is 0 Å². The Balaban J connectivity index is 1.61. The van der Waals surface area contributed by atoms with Crippen molar-refractivity contribution in [2.75, 3.05) is 25.0 Å². The monoisotopic (exact) mass is 452 g/mol. The van der Waals surface area contributed by atoms with Crippen molar-refractivity contribution in [3.05, 3.63) is 75.0 Å². The summed E-state index contributed by atoms with van der Waals surface area (Å²) in [6, 6.07) is 15.0. The second kappa shape index (κ2) is 9.76. The quantitative estimate of drug-likeness (QED) is 0.552. The normalized spacial score (nSPS) is 16.4. The van der Waals surface area contributed by atoms with Crippen molar-refractivity contribution in [1.29, 1.82) is 0 Å². The molecule has 2 aromatic carbocycles. The number of likely N-dealkylation sites (tertiary alicyclic amines) is 1. The van der Waals surface area contributed by atoms with Crippen LogP contribution in [0.5, 0.6) is 0 Å². The standard InChI is InChI=1S/C25H29ClN4O2/c1-3-29-11-5-8-22(29)16-30(25(32)27-21-7-4-6-20(26)14-21)15-19-13-18-10-9-17(2)12-23(18)28-24(19)31/h4,6-7,9-10,12-14,22H,3,5,8,11,15-16H2,1-2H3,(H,27,32)(H,28,31)/t22-/m0/s1. The molecule has 0 unspecified atom stereocenters. The average Bonchev–Trinajstić information content (AvgIpc) is 3.21. The first kappa shape index (κ1) is 22.4. The predicted octanol–water partition coefficient (Wildman–Crippen LogP) is 5.01. The maximum Gasteiger partial charge on any atom is 0.322 e. The summed E-state index contributed by atoms with van der Waals surface area (Å²) in [4.78, 5) is 33.2. The van der Waals surface area contributed by atoms with E-state index >= 15 is 0 Å². The molecule has 168 valence electrons. The lowest BCUT2D eigenvalue weighted by atomic mass is 10.1. The first-order chi connectivity index (χ1) is 15.4. The van der Waals surface area contributed by atoms with Crippen LogP contribution in [-0.4, -0.2) is 46.5 Å². The fraction of sp³-hybridized carbons (Fsp3) is 0.360. The summed E-state index contributed by atoms with van der Waals surface area (Å²) >= 11 is 6.08. The number of benzene rings is 2. The van der Waals surface area contributed by atoms with Crippen LogP contribution in [0, 0.1) is 6.92 Å². The number of hydrogen-bond donors (Lipinski definition) is 2. The fourth-order valence-electron chi connectivity index (χ4n) is 4.44. The van der Waals surface area contributed by atoms with Gasteiger partial charge in [-0.2, -0.15) is 0 Å². The molecule has 0 spiro atoms. The Kier molecular flexibility index (Phi) is 6.82. The van der Waals surface area contributed by atoms with Gasteiger partial charge in [0.05, 0.1) is 6.54 Å². The van der Waals surface area contributed by atoms with Crippen molar-refractivity contribution in [3.8, 4) is 0 Å². The van der Waals surface area contributed by atoms with E-state index in [4.69, 9.17) is 11.6 Å². The molecule has 0 aliphatic carbocycles. The molecule has 1 aliphatic heterocycles. The predicted molar refractivity (Wildman–Crippen MR) is 130 cm³/mol. The molecular weight excluding hydrogens is 424 g/mol. The Morgan fingerprint density at radius 1 is 1.25 bits per heavy atom. The third-order valence-electron chi connectivity index (χ3n) is 6.14. The number of rotatable bonds is 6. The fourth-order valence-corrected chi connectivity index (χ4v) is 4.63. The number of carbonyl (C=O) groups is 1. The maximum absolute atomic E-state index is 13.3. The van der Waals surface area contributed by atoms with E-state index < -0.39 is 0 Å². The lowest BCUT2D eigenvalue weighted by Gasteiger charge is -2.30. The van der Waals surface area contributed by atoms with Gasteiger partial charge in [-0.3, -0.25) is 9.69 Å². The maximum atomic E-state index is 13.3. The summed E-state index contributed by atoms with van der Waals surface area (Å²) in [6.45, 7) is 6.93. The molecule has 1 saturated heterocycles. The molecule has 0 bridgehead atoms. The highest BCUT2D eigenvalue weighted by atomic mass is 35.5. The Morgan fingerprint density at radius 2 is 2.09 bits per heavy atom. The minimum atomic E-state index is -0.237. The zero-order valence-electron chi connectivity index (χ0n) is 18.5. The molecule has 32 heavy (non-hydrogen) atoms. The second-order valence-corrected chi connectivity index (χ2v) is 8.90. The van der Waals surface area contributed by atoms with Gasteiger partial charge < -0.3 is 15.2 Å². The molecule has 1 aromatic heterocycles. The lowest BCUT2D eigenvalue weighted by molar-refractivity contribution is 0.174. The Hall–Kier alpha value is -2.83. The van der Waals surface area contributed by atoms with E-state index in [1.807, 2.05) is 31.2 Å². The van der Waals surface area contributed by atoms with Crippen molar-refractivity contribution in [2.45, 2.75) is 39.3 Å². The summed E-state index contributed by atoms with van der Waals surface area (Å²) < 4.78 is 0. The molecule has 6 nitrogen and oxygen atoms in total. The molecule has 3 aromatic rings. The molecule has 1 aliphatic rings. The summed E-state index contributed by atoms with van der Waals surface area (Å²) in [5.74, 6) is 0. The highest BCUT2D eigenvalue weighted by Gasteiger charge is 2.28. The molecule has 4 rings (SSSR count). The van der Waals surface area contributed by atoms with Crippen LogP contribution >= 0.6 is 11.6 Å². The topological polar surface area (TPSA) is 68.4 Å². The molecule has 2 N–H and O–H groups in total. The van der Waals surface area contributed by atoms with Crippen LogP contribution in [0.2, 0.25) is 5.02 Å². The minimum Gasteiger partial charge on any atom is -0.322 e. The number of amides is 2. The van der Waals surface area contributed by atoms with E-state index in [0.29, 0.717) is 22.8 Å². The minimum absolute atomic E-state index is 0.164. The number of pyridine rings is 1. The van der Waals surface area contributed by atoms with Crippen LogP contribution in [0.4, 0.5) is 10.5 Å². The molecule has 1 fully saturated rings. The molecule has 2 amide bonds. The van der Waals surface area contributed by atoms with Crippen molar-refractivity contribution < 1.29 is 4.79 Å². The van der Waals surface area contributed by atoms with Gasteiger partial charge in [0.2, 0.25) is 0 Å². The SMILES string of the molecule is CCN1CCC[C@H]1CN(Cc1cc2ccc(C)cc2[nH]c1=O)C(=O)Nc1cccc(Cl)c1. The number of fused-ring (bicyclic) bond motifs is 1. The Bertz CT molecular complexity index is 1180. The van der Waals surface area contributed by atoms with Crippen molar-refractivity contribution >= 4 is 34.2 Å². The van der Waals surface area contributed by atoms with Gasteiger partial charge in [0.1, 0.15) is 0 Å². The van der Waals surface area contributed by atoms with Gasteiger partial charge in [-0.05, 0) is 74.1 Å². The van der Waals surface area contributed by atoms with Gasteiger partial charge in [-0.15, -0.1) is 0 Å². The average molecular weight is 453 g/mol. The highest BCUT2D eigenvalue weighted by Crippen LogP contribution is 2.21. The van der Waals surface area contributed by atoms with E-state index in [9.17, 15) is 9.59 Å². The number of halogens is 1. The van der Waals surface area contributed by atoms with Gasteiger partial charge >= 0.3 is 6.03 Å². The van der Waals surface area contributed by atoms with Crippen LogP contribution in [0.1, 0.15) is 30.9 Å². The Morgan fingerprint density at radius 3 is 2.88 bits per heavy atom. The van der Waals surface area contributed by atoms with Crippen molar-refractivity contribution in [3.63, 3.8) is 0 Å². The lowest BCUT2D eigenvalue weighted by Crippen LogP contribution is -2.45. The van der Waals surface area contributed by atoms with Gasteiger partial charge in [-0.1, -0.05) is 36.7 Å². The van der Waals surface area contributed by atoms with Gasteiger partial charge in [0.15, 0.2) is 0 Å². The smallest absolute Gasteiger partial charge is 0.322 e. The van der Waals surface area contributed by atoms with Gasteiger partial charge in [-0.25, -0.2) is 4.79 Å². The molecular formula is C25H29ClN4O2.